The van der Waals surface area contributed by atoms with Crippen molar-refractivity contribution in [1.29, 1.82) is 0 Å². The van der Waals surface area contributed by atoms with Crippen molar-refractivity contribution >= 4 is 16.2 Å². The highest BCUT2D eigenvalue weighted by atomic mass is 32.2. The quantitative estimate of drug-likeness (QED) is 0.515. The summed E-state index contributed by atoms with van der Waals surface area (Å²) in [6.45, 7) is 1.60. The van der Waals surface area contributed by atoms with Crippen LogP contribution in [0.4, 0.5) is 0 Å². The van der Waals surface area contributed by atoms with Gasteiger partial charge >= 0.3 is 5.97 Å². The average molecular weight is 254 g/mol. The molecule has 0 aliphatic rings. The fourth-order valence-electron chi connectivity index (χ4n) is 0.880. The van der Waals surface area contributed by atoms with Crippen molar-refractivity contribution in [2.75, 3.05) is 20.1 Å². The minimum atomic E-state index is -3.64. The van der Waals surface area contributed by atoms with E-state index in [1.807, 2.05) is 0 Å². The number of hydrogen-bond donors (Lipinski definition) is 3. The van der Waals surface area contributed by atoms with Crippen molar-refractivity contribution in [2.24, 2.45) is 0 Å². The van der Waals surface area contributed by atoms with E-state index in [4.69, 9.17) is 10.2 Å². The first-order valence-corrected chi connectivity index (χ1v) is 6.30. The third kappa shape index (κ3) is 6.72. The maximum absolute atomic E-state index is 11.5. The summed E-state index contributed by atoms with van der Waals surface area (Å²) in [5.74, 6) is -1.05. The fourth-order valence-corrected chi connectivity index (χ4v) is 1.81. The lowest BCUT2D eigenvalue weighted by molar-refractivity contribution is -0.137. The fraction of sp³-hybridized carbons (Fsp3) is 0.875. The molecule has 7 nitrogen and oxygen atoms in total. The van der Waals surface area contributed by atoms with Gasteiger partial charge in [-0.15, -0.1) is 0 Å². The number of aliphatic hydroxyl groups is 1. The van der Waals surface area contributed by atoms with Crippen LogP contribution in [0.2, 0.25) is 0 Å². The zero-order chi connectivity index (χ0) is 12.8. The Morgan fingerprint density at radius 3 is 2.50 bits per heavy atom. The minimum absolute atomic E-state index is 0.0840. The molecule has 1 unspecified atom stereocenters. The highest BCUT2D eigenvalue weighted by Crippen LogP contribution is 1.97. The second kappa shape index (κ2) is 6.79. The van der Waals surface area contributed by atoms with E-state index < -0.39 is 22.3 Å². The molecule has 16 heavy (non-hydrogen) atoms. The molecule has 0 saturated heterocycles. The van der Waals surface area contributed by atoms with Crippen molar-refractivity contribution in [2.45, 2.75) is 25.9 Å². The van der Waals surface area contributed by atoms with Gasteiger partial charge in [0.1, 0.15) is 0 Å². The molecule has 0 aliphatic carbocycles. The molecular formula is C8H18N2O5S. The molecule has 96 valence electrons. The van der Waals surface area contributed by atoms with Gasteiger partial charge in [-0.3, -0.25) is 4.79 Å². The van der Waals surface area contributed by atoms with Crippen molar-refractivity contribution < 1.29 is 23.4 Å². The molecule has 1 atom stereocenters. The molecule has 0 bridgehead atoms. The Hall–Kier alpha value is -0.700. The van der Waals surface area contributed by atoms with Crippen LogP contribution in [-0.4, -0.2) is 55.1 Å². The van der Waals surface area contributed by atoms with Crippen LogP contribution in [-0.2, 0) is 15.0 Å². The maximum atomic E-state index is 11.5. The topological polar surface area (TPSA) is 107 Å². The number of rotatable bonds is 8. The molecular weight excluding hydrogens is 236 g/mol. The Morgan fingerprint density at radius 1 is 1.50 bits per heavy atom. The van der Waals surface area contributed by atoms with Gasteiger partial charge in [0, 0.05) is 20.1 Å². The normalized spacial score (nSPS) is 14.0. The van der Waals surface area contributed by atoms with E-state index in [2.05, 4.69) is 4.72 Å². The van der Waals surface area contributed by atoms with Crippen LogP contribution in [0.15, 0.2) is 0 Å². The smallest absolute Gasteiger partial charge is 0.304 e. The summed E-state index contributed by atoms with van der Waals surface area (Å²) >= 11 is 0. The van der Waals surface area contributed by atoms with Gasteiger partial charge in [-0.2, -0.15) is 12.7 Å². The van der Waals surface area contributed by atoms with E-state index in [1.165, 1.54) is 7.05 Å². The number of hydrogen-bond acceptors (Lipinski definition) is 4. The maximum Gasteiger partial charge on any atom is 0.304 e. The molecule has 0 heterocycles. The number of aliphatic hydroxyl groups excluding tert-OH is 1. The number of nitrogens with one attached hydrogen (secondary N) is 1. The molecule has 0 aromatic rings. The average Bonchev–Trinajstić information content (AvgIpc) is 2.12. The molecule has 3 N–H and O–H groups in total. The molecule has 0 aromatic carbocycles. The van der Waals surface area contributed by atoms with Crippen LogP contribution >= 0.6 is 0 Å². The second-order valence-corrected chi connectivity index (χ2v) is 5.36. The van der Waals surface area contributed by atoms with E-state index >= 15 is 0 Å². The Morgan fingerprint density at radius 2 is 2.06 bits per heavy atom. The lowest BCUT2D eigenvalue weighted by atomic mass is 10.3. The largest absolute Gasteiger partial charge is 0.481 e. The van der Waals surface area contributed by atoms with Gasteiger partial charge in [0.15, 0.2) is 0 Å². The lowest BCUT2D eigenvalue weighted by Crippen LogP contribution is -2.40. The van der Waals surface area contributed by atoms with E-state index in [-0.39, 0.29) is 19.5 Å². The molecule has 8 heteroatoms. The second-order valence-electron chi connectivity index (χ2n) is 3.50. The predicted octanol–water partition coefficient (Wildman–Crippen LogP) is -1.00. The molecule has 0 spiro atoms. The summed E-state index contributed by atoms with van der Waals surface area (Å²) in [7, 11) is -2.34. The van der Waals surface area contributed by atoms with E-state index in [1.54, 1.807) is 6.92 Å². The first kappa shape index (κ1) is 15.3. The lowest BCUT2D eigenvalue weighted by Gasteiger charge is -2.16. The van der Waals surface area contributed by atoms with Gasteiger partial charge in [-0.05, 0) is 13.3 Å². The van der Waals surface area contributed by atoms with Gasteiger partial charge in [-0.25, -0.2) is 4.72 Å². The zero-order valence-electron chi connectivity index (χ0n) is 9.38. The summed E-state index contributed by atoms with van der Waals surface area (Å²) in [5, 5.41) is 17.3. The van der Waals surface area contributed by atoms with Crippen LogP contribution in [0.25, 0.3) is 0 Å². The highest BCUT2D eigenvalue weighted by molar-refractivity contribution is 7.87. The van der Waals surface area contributed by atoms with Gasteiger partial charge < -0.3 is 10.2 Å². The van der Waals surface area contributed by atoms with E-state index in [0.29, 0.717) is 6.42 Å². The van der Waals surface area contributed by atoms with Gasteiger partial charge in [0.2, 0.25) is 0 Å². The van der Waals surface area contributed by atoms with Gasteiger partial charge in [0.25, 0.3) is 10.2 Å². The standard InChI is InChI=1S/C8H18N2O5S/c1-7(11)3-5-9-16(14,15)10(2)6-4-8(12)13/h7,9,11H,3-6H2,1-2H3,(H,12,13). The number of nitrogens with zero attached hydrogens (tertiary/aromatic N) is 1. The first-order valence-electron chi connectivity index (χ1n) is 4.86. The third-order valence-corrected chi connectivity index (χ3v) is 3.47. The van der Waals surface area contributed by atoms with Gasteiger partial charge in [-0.1, -0.05) is 0 Å². The van der Waals surface area contributed by atoms with Crippen molar-refractivity contribution in [3.63, 3.8) is 0 Å². The van der Waals surface area contributed by atoms with Crippen LogP contribution < -0.4 is 4.72 Å². The van der Waals surface area contributed by atoms with Crippen molar-refractivity contribution in [3.8, 4) is 0 Å². The Kier molecular flexibility index (Phi) is 6.49. The number of carbonyl (C=O) groups is 1. The van der Waals surface area contributed by atoms with Crippen LogP contribution in [0, 0.1) is 0 Å². The number of carboxylic acid groups (broad SMARTS) is 1. The highest BCUT2D eigenvalue weighted by Gasteiger charge is 2.17. The number of aliphatic carboxylic acids is 1. The molecule has 0 saturated carbocycles. The van der Waals surface area contributed by atoms with Gasteiger partial charge in [0.05, 0.1) is 12.5 Å². The molecule has 0 fully saturated rings. The summed E-state index contributed by atoms with van der Waals surface area (Å²) in [6, 6.07) is 0. The monoisotopic (exact) mass is 254 g/mol. The first-order chi connectivity index (χ1) is 7.25. The SMILES string of the molecule is CC(O)CCNS(=O)(=O)N(C)CCC(=O)O. The summed E-state index contributed by atoms with van der Waals surface area (Å²) in [6.07, 6.45) is -0.508. The predicted molar refractivity (Wildman–Crippen MR) is 58.1 cm³/mol. The van der Waals surface area contributed by atoms with Crippen LogP contribution in [0.3, 0.4) is 0 Å². The summed E-state index contributed by atoms with van der Waals surface area (Å²) in [5.41, 5.74) is 0. The van der Waals surface area contributed by atoms with Crippen molar-refractivity contribution in [3.05, 3.63) is 0 Å². The van der Waals surface area contributed by atoms with Crippen molar-refractivity contribution in [1.82, 2.24) is 9.03 Å². The molecule has 0 aliphatic heterocycles. The van der Waals surface area contributed by atoms with Crippen LogP contribution in [0.1, 0.15) is 19.8 Å². The Labute approximate surface area is 95.2 Å². The summed E-state index contributed by atoms with van der Waals surface area (Å²) in [4.78, 5) is 10.3. The van der Waals surface area contributed by atoms with E-state index in [9.17, 15) is 13.2 Å². The zero-order valence-corrected chi connectivity index (χ0v) is 10.2. The Bertz CT molecular complexity index is 314. The molecule has 0 aromatic heterocycles. The third-order valence-electron chi connectivity index (χ3n) is 1.90. The molecule has 0 amide bonds. The molecule has 0 radical (unpaired) electrons. The Balaban J connectivity index is 4.06. The van der Waals surface area contributed by atoms with E-state index in [0.717, 1.165) is 4.31 Å². The number of carboxylic acids is 1. The minimum Gasteiger partial charge on any atom is -0.481 e. The van der Waals surface area contributed by atoms with Crippen LogP contribution in [0.5, 0.6) is 0 Å². The summed E-state index contributed by atoms with van der Waals surface area (Å²) < 4.78 is 26.1. The molecule has 0 rings (SSSR count).